The predicted octanol–water partition coefficient (Wildman–Crippen LogP) is 4.53. The van der Waals surface area contributed by atoms with E-state index in [4.69, 9.17) is 0 Å². The molecule has 6 heteroatoms. The molecular formula is C20H20N6. The number of nitrogens with zero attached hydrogens (tertiary/aromatic N) is 4. The molecular weight excluding hydrogens is 324 g/mol. The minimum Gasteiger partial charge on any atom is -0.338 e. The number of anilines is 4. The Morgan fingerprint density at radius 2 is 1.69 bits per heavy atom. The molecule has 26 heavy (non-hydrogen) atoms. The summed E-state index contributed by atoms with van der Waals surface area (Å²) in [6, 6.07) is 17.5. The van der Waals surface area contributed by atoms with E-state index in [1.807, 2.05) is 30.3 Å². The summed E-state index contributed by atoms with van der Waals surface area (Å²) in [6.45, 7) is 6.53. The molecule has 3 aromatic rings. The molecule has 0 saturated carbocycles. The zero-order chi connectivity index (χ0) is 18.6. The second kappa shape index (κ2) is 7.19. The molecule has 6 nitrogen and oxygen atoms in total. The largest absolute Gasteiger partial charge is 0.338 e. The lowest BCUT2D eigenvalue weighted by Crippen LogP contribution is -2.10. The van der Waals surface area contributed by atoms with Gasteiger partial charge in [0.2, 0.25) is 5.95 Å². The topological polar surface area (TPSA) is 86.5 Å². The van der Waals surface area contributed by atoms with Crippen molar-refractivity contribution >= 4 is 23.1 Å². The quantitative estimate of drug-likeness (QED) is 0.723. The zero-order valence-electron chi connectivity index (χ0n) is 15.0. The van der Waals surface area contributed by atoms with E-state index in [1.54, 1.807) is 6.07 Å². The van der Waals surface area contributed by atoms with Gasteiger partial charge in [-0.2, -0.15) is 15.3 Å². The van der Waals surface area contributed by atoms with Crippen LogP contribution in [0, 0.1) is 11.3 Å². The van der Waals surface area contributed by atoms with Crippen LogP contribution in [-0.2, 0) is 5.41 Å². The highest BCUT2D eigenvalue weighted by Gasteiger charge is 2.13. The van der Waals surface area contributed by atoms with Crippen molar-refractivity contribution in [3.63, 3.8) is 0 Å². The molecule has 1 aromatic heterocycles. The van der Waals surface area contributed by atoms with Crippen LogP contribution in [0.3, 0.4) is 0 Å². The maximum Gasteiger partial charge on any atom is 0.249 e. The molecule has 0 aliphatic carbocycles. The van der Waals surface area contributed by atoms with Gasteiger partial charge < -0.3 is 10.6 Å². The van der Waals surface area contributed by atoms with Crippen LogP contribution >= 0.6 is 0 Å². The van der Waals surface area contributed by atoms with Gasteiger partial charge in [-0.25, -0.2) is 0 Å². The summed E-state index contributed by atoms with van der Waals surface area (Å²) in [7, 11) is 0. The molecule has 0 spiro atoms. The van der Waals surface area contributed by atoms with Crippen molar-refractivity contribution in [1.82, 2.24) is 15.2 Å². The zero-order valence-corrected chi connectivity index (χ0v) is 15.0. The number of rotatable bonds is 4. The van der Waals surface area contributed by atoms with Crippen molar-refractivity contribution in [2.75, 3.05) is 10.6 Å². The number of hydrogen-bond donors (Lipinski definition) is 2. The standard InChI is InChI=1S/C20H20N6/c1-20(2,3)15-8-10-16(11-9-15)23-19-25-18(13-22-26-19)24-17-7-5-4-6-14(17)12-21/h4-11,13H,1-3H3,(H2,23,24,25,26). The Labute approximate surface area is 152 Å². The number of nitriles is 1. The summed E-state index contributed by atoms with van der Waals surface area (Å²) < 4.78 is 0. The van der Waals surface area contributed by atoms with E-state index in [0.717, 1.165) is 5.69 Å². The van der Waals surface area contributed by atoms with Gasteiger partial charge >= 0.3 is 0 Å². The van der Waals surface area contributed by atoms with Gasteiger partial charge in [-0.05, 0) is 35.2 Å². The van der Waals surface area contributed by atoms with Gasteiger partial charge in [-0.15, -0.1) is 5.10 Å². The number of para-hydroxylation sites is 1. The van der Waals surface area contributed by atoms with Crippen molar-refractivity contribution in [2.24, 2.45) is 0 Å². The van der Waals surface area contributed by atoms with Gasteiger partial charge in [0.1, 0.15) is 6.07 Å². The van der Waals surface area contributed by atoms with Crippen LogP contribution in [0.25, 0.3) is 0 Å². The van der Waals surface area contributed by atoms with Gasteiger partial charge in [0, 0.05) is 5.69 Å². The molecule has 0 fully saturated rings. The second-order valence-electron chi connectivity index (χ2n) is 6.90. The summed E-state index contributed by atoms with van der Waals surface area (Å²) in [5.74, 6) is 0.893. The molecule has 0 aliphatic rings. The first-order valence-electron chi connectivity index (χ1n) is 8.29. The van der Waals surface area contributed by atoms with Gasteiger partial charge in [0.05, 0.1) is 17.4 Å². The highest BCUT2D eigenvalue weighted by atomic mass is 15.3. The molecule has 2 N–H and O–H groups in total. The normalized spacial score (nSPS) is 10.8. The van der Waals surface area contributed by atoms with Gasteiger partial charge in [-0.3, -0.25) is 0 Å². The average molecular weight is 344 g/mol. The van der Waals surface area contributed by atoms with Crippen LogP contribution in [0.15, 0.2) is 54.7 Å². The van der Waals surface area contributed by atoms with Crippen molar-refractivity contribution < 1.29 is 0 Å². The summed E-state index contributed by atoms with van der Waals surface area (Å²) in [4.78, 5) is 4.40. The SMILES string of the molecule is CC(C)(C)c1ccc(Nc2nncc(Nc3ccccc3C#N)n2)cc1. The summed E-state index contributed by atoms with van der Waals surface area (Å²) in [6.07, 6.45) is 1.52. The van der Waals surface area contributed by atoms with E-state index in [-0.39, 0.29) is 5.41 Å². The van der Waals surface area contributed by atoms with Crippen LogP contribution in [0.5, 0.6) is 0 Å². The Morgan fingerprint density at radius 3 is 2.38 bits per heavy atom. The Morgan fingerprint density at radius 1 is 0.962 bits per heavy atom. The molecule has 1 heterocycles. The molecule has 0 unspecified atom stereocenters. The van der Waals surface area contributed by atoms with Crippen LogP contribution in [-0.4, -0.2) is 15.2 Å². The summed E-state index contributed by atoms with van der Waals surface area (Å²) in [5.41, 5.74) is 3.46. The van der Waals surface area contributed by atoms with Crippen LogP contribution in [0.2, 0.25) is 0 Å². The molecule has 0 radical (unpaired) electrons. The summed E-state index contributed by atoms with van der Waals surface area (Å²) >= 11 is 0. The number of aromatic nitrogens is 3. The van der Waals surface area contributed by atoms with Crippen LogP contribution in [0.4, 0.5) is 23.1 Å². The molecule has 0 bridgehead atoms. The Hall–Kier alpha value is -3.46. The van der Waals surface area contributed by atoms with E-state index in [2.05, 4.69) is 64.8 Å². The number of hydrogen-bond acceptors (Lipinski definition) is 6. The second-order valence-corrected chi connectivity index (χ2v) is 6.90. The monoisotopic (exact) mass is 344 g/mol. The third kappa shape index (κ3) is 4.14. The van der Waals surface area contributed by atoms with E-state index in [9.17, 15) is 5.26 Å². The molecule has 0 atom stereocenters. The first-order chi connectivity index (χ1) is 12.5. The fourth-order valence-electron chi connectivity index (χ4n) is 2.43. The lowest BCUT2D eigenvalue weighted by molar-refractivity contribution is 0.590. The predicted molar refractivity (Wildman–Crippen MR) is 103 cm³/mol. The Balaban J connectivity index is 1.76. The number of nitrogens with one attached hydrogen (secondary N) is 2. The van der Waals surface area contributed by atoms with E-state index in [0.29, 0.717) is 23.0 Å². The Kier molecular flexibility index (Phi) is 4.81. The first-order valence-corrected chi connectivity index (χ1v) is 8.29. The Bertz CT molecular complexity index is 936. The molecule has 0 amide bonds. The lowest BCUT2D eigenvalue weighted by Gasteiger charge is -2.19. The van der Waals surface area contributed by atoms with Gasteiger partial charge in [0.25, 0.3) is 0 Å². The molecule has 130 valence electrons. The van der Waals surface area contributed by atoms with Crippen molar-refractivity contribution in [1.29, 1.82) is 5.26 Å². The number of benzene rings is 2. The highest BCUT2D eigenvalue weighted by molar-refractivity contribution is 5.64. The fourth-order valence-corrected chi connectivity index (χ4v) is 2.43. The van der Waals surface area contributed by atoms with Crippen LogP contribution < -0.4 is 10.6 Å². The van der Waals surface area contributed by atoms with Gasteiger partial charge in [0.15, 0.2) is 5.82 Å². The first kappa shape index (κ1) is 17.4. The molecule has 2 aromatic carbocycles. The van der Waals surface area contributed by atoms with E-state index < -0.39 is 0 Å². The minimum absolute atomic E-state index is 0.106. The smallest absolute Gasteiger partial charge is 0.249 e. The van der Waals surface area contributed by atoms with E-state index >= 15 is 0 Å². The molecule has 0 aliphatic heterocycles. The minimum atomic E-state index is 0.106. The summed E-state index contributed by atoms with van der Waals surface area (Å²) in [5, 5.41) is 23.4. The highest BCUT2D eigenvalue weighted by Crippen LogP contribution is 2.24. The average Bonchev–Trinajstić information content (AvgIpc) is 2.62. The third-order valence-corrected chi connectivity index (χ3v) is 3.88. The maximum absolute atomic E-state index is 9.17. The fraction of sp³-hybridized carbons (Fsp3) is 0.200. The molecule has 3 rings (SSSR count). The van der Waals surface area contributed by atoms with Crippen LogP contribution in [0.1, 0.15) is 31.9 Å². The lowest BCUT2D eigenvalue weighted by atomic mass is 9.87. The van der Waals surface area contributed by atoms with Gasteiger partial charge in [-0.1, -0.05) is 45.0 Å². The van der Waals surface area contributed by atoms with Crippen molar-refractivity contribution in [3.8, 4) is 6.07 Å². The van der Waals surface area contributed by atoms with E-state index in [1.165, 1.54) is 11.8 Å². The van der Waals surface area contributed by atoms with Crippen molar-refractivity contribution in [2.45, 2.75) is 26.2 Å². The molecule has 0 saturated heterocycles. The maximum atomic E-state index is 9.17. The third-order valence-electron chi connectivity index (χ3n) is 3.88. The van der Waals surface area contributed by atoms with Crippen molar-refractivity contribution in [3.05, 3.63) is 65.9 Å².